The Morgan fingerprint density at radius 2 is 1.67 bits per heavy atom. The van der Waals surface area contributed by atoms with E-state index in [-0.39, 0.29) is 17.0 Å². The van der Waals surface area contributed by atoms with E-state index in [0.29, 0.717) is 23.5 Å². The molecule has 1 unspecified atom stereocenters. The fourth-order valence-electron chi connectivity index (χ4n) is 3.77. The molecular weight excluding hydrogens is 428 g/mol. The number of amides is 1. The zero-order valence-electron chi connectivity index (χ0n) is 17.8. The third-order valence-electron chi connectivity index (χ3n) is 5.32. The molecule has 168 valence electrons. The van der Waals surface area contributed by atoms with Crippen LogP contribution in [0.5, 0.6) is 5.75 Å². The summed E-state index contributed by atoms with van der Waals surface area (Å²) in [4.78, 5) is 27.2. The second kappa shape index (κ2) is 9.24. The van der Waals surface area contributed by atoms with Crippen molar-refractivity contribution in [1.29, 1.82) is 0 Å². The molecule has 0 bridgehead atoms. The Morgan fingerprint density at radius 3 is 2.30 bits per heavy atom. The molecule has 4 rings (SSSR count). The maximum Gasteiger partial charge on any atom is 0.300 e. The van der Waals surface area contributed by atoms with Crippen LogP contribution in [0, 0.1) is 11.6 Å². The van der Waals surface area contributed by atoms with Crippen LogP contribution in [0.2, 0.25) is 0 Å². The number of ether oxygens (including phenoxy) is 1. The van der Waals surface area contributed by atoms with Gasteiger partial charge in [-0.15, -0.1) is 0 Å². The number of hydrogen-bond acceptors (Lipinski definition) is 4. The first-order chi connectivity index (χ1) is 15.9. The minimum absolute atomic E-state index is 0.147. The second-order valence-corrected chi connectivity index (χ2v) is 7.57. The Labute approximate surface area is 189 Å². The first kappa shape index (κ1) is 22.2. The van der Waals surface area contributed by atoms with Gasteiger partial charge in [0.1, 0.15) is 23.1 Å². The largest absolute Gasteiger partial charge is 0.507 e. The molecule has 3 aromatic rings. The number of nitrogens with zero attached hydrogens (tertiary/aromatic N) is 1. The molecule has 0 aromatic heterocycles. The summed E-state index contributed by atoms with van der Waals surface area (Å²) in [5.41, 5.74) is 0.680. The molecule has 33 heavy (non-hydrogen) atoms. The molecule has 0 aliphatic carbocycles. The maximum absolute atomic E-state index is 13.9. The van der Waals surface area contributed by atoms with Crippen molar-refractivity contribution in [3.8, 4) is 5.75 Å². The molecule has 1 fully saturated rings. The third-order valence-corrected chi connectivity index (χ3v) is 5.32. The summed E-state index contributed by atoms with van der Waals surface area (Å²) in [5, 5.41) is 11.1. The average molecular weight is 449 g/mol. The summed E-state index contributed by atoms with van der Waals surface area (Å²) in [5.74, 6) is -2.71. The van der Waals surface area contributed by atoms with Gasteiger partial charge < -0.3 is 9.84 Å². The van der Waals surface area contributed by atoms with Crippen molar-refractivity contribution in [3.05, 3.63) is 101 Å². The zero-order valence-corrected chi connectivity index (χ0v) is 17.8. The smallest absolute Gasteiger partial charge is 0.300 e. The van der Waals surface area contributed by atoms with Gasteiger partial charge in [0.15, 0.2) is 0 Å². The Bertz CT molecular complexity index is 1220. The van der Waals surface area contributed by atoms with E-state index in [4.69, 9.17) is 4.74 Å². The number of halogens is 2. The second-order valence-electron chi connectivity index (χ2n) is 7.57. The number of ketones is 1. The summed E-state index contributed by atoms with van der Waals surface area (Å²) in [6.45, 7) is 2.52. The lowest BCUT2D eigenvalue weighted by molar-refractivity contribution is -0.132. The van der Waals surface area contributed by atoms with Gasteiger partial charge in [-0.25, -0.2) is 8.78 Å². The predicted octanol–water partition coefficient (Wildman–Crippen LogP) is 5.38. The number of hydrogen-bond donors (Lipinski definition) is 1. The van der Waals surface area contributed by atoms with Crippen molar-refractivity contribution < 1.29 is 28.2 Å². The standard InChI is InChI=1S/C26H21F2NO4/c1-2-14-33-21-12-8-17(9-13-21)24(30)22-23(16-6-10-18(27)11-7-16)29(26(32)25(22)31)20-5-3-4-19(28)15-20/h3-13,15,23,30H,2,14H2,1H3/b24-22+. The third kappa shape index (κ3) is 4.35. The predicted molar refractivity (Wildman–Crippen MR) is 120 cm³/mol. The molecule has 1 amide bonds. The minimum atomic E-state index is -1.07. The molecular formula is C26H21F2NO4. The van der Waals surface area contributed by atoms with Gasteiger partial charge in [0, 0.05) is 11.3 Å². The normalized spacial score (nSPS) is 17.4. The lowest BCUT2D eigenvalue weighted by atomic mass is 9.95. The summed E-state index contributed by atoms with van der Waals surface area (Å²) in [6.07, 6.45) is 0.836. The molecule has 1 aliphatic rings. The molecule has 3 aromatic carbocycles. The highest BCUT2D eigenvalue weighted by molar-refractivity contribution is 6.51. The highest BCUT2D eigenvalue weighted by atomic mass is 19.1. The van der Waals surface area contributed by atoms with Gasteiger partial charge >= 0.3 is 0 Å². The van der Waals surface area contributed by atoms with Crippen LogP contribution in [0.25, 0.3) is 5.76 Å². The van der Waals surface area contributed by atoms with E-state index < -0.39 is 29.4 Å². The van der Waals surface area contributed by atoms with E-state index in [1.54, 1.807) is 24.3 Å². The monoisotopic (exact) mass is 449 g/mol. The van der Waals surface area contributed by atoms with Crippen molar-refractivity contribution in [3.63, 3.8) is 0 Å². The van der Waals surface area contributed by atoms with Crippen LogP contribution in [-0.2, 0) is 9.59 Å². The number of rotatable bonds is 6. The summed E-state index contributed by atoms with van der Waals surface area (Å²) in [6, 6.07) is 15.9. The van der Waals surface area contributed by atoms with Crippen molar-refractivity contribution in [1.82, 2.24) is 0 Å². The summed E-state index contributed by atoms with van der Waals surface area (Å²) < 4.78 is 33.0. The van der Waals surface area contributed by atoms with E-state index in [9.17, 15) is 23.5 Å². The van der Waals surface area contributed by atoms with Crippen LogP contribution in [-0.4, -0.2) is 23.4 Å². The van der Waals surface area contributed by atoms with Crippen LogP contribution in [0.1, 0.15) is 30.5 Å². The first-order valence-corrected chi connectivity index (χ1v) is 10.5. The lowest BCUT2D eigenvalue weighted by Crippen LogP contribution is -2.29. The average Bonchev–Trinajstić information content (AvgIpc) is 3.08. The van der Waals surface area contributed by atoms with E-state index in [0.717, 1.165) is 17.4 Å². The molecule has 7 heteroatoms. The number of Topliss-reactive ketones (excluding diaryl/α,β-unsaturated/α-hetero) is 1. The highest BCUT2D eigenvalue weighted by Crippen LogP contribution is 2.42. The molecule has 0 saturated carbocycles. The van der Waals surface area contributed by atoms with Gasteiger partial charge in [-0.3, -0.25) is 14.5 Å². The number of benzene rings is 3. The zero-order chi connectivity index (χ0) is 23.5. The molecule has 1 N–H and O–H groups in total. The van der Waals surface area contributed by atoms with Crippen molar-refractivity contribution in [2.24, 2.45) is 0 Å². The van der Waals surface area contributed by atoms with Crippen LogP contribution in [0.15, 0.2) is 78.4 Å². The lowest BCUT2D eigenvalue weighted by Gasteiger charge is -2.25. The maximum atomic E-state index is 13.9. The molecule has 1 aliphatic heterocycles. The molecule has 0 radical (unpaired) electrons. The topological polar surface area (TPSA) is 66.8 Å². The SMILES string of the molecule is CCCOc1ccc(/C(O)=C2\C(=O)C(=O)N(c3cccc(F)c3)C2c2ccc(F)cc2)cc1. The van der Waals surface area contributed by atoms with E-state index in [2.05, 4.69) is 0 Å². The Morgan fingerprint density at radius 1 is 0.970 bits per heavy atom. The van der Waals surface area contributed by atoms with E-state index >= 15 is 0 Å². The van der Waals surface area contributed by atoms with Gasteiger partial charge in [0.25, 0.3) is 11.7 Å². The molecule has 1 heterocycles. The van der Waals surface area contributed by atoms with E-state index in [1.165, 1.54) is 42.5 Å². The summed E-state index contributed by atoms with van der Waals surface area (Å²) >= 11 is 0. The Hall–Kier alpha value is -4.00. The Kier molecular flexibility index (Phi) is 6.22. The number of aliphatic hydroxyl groups is 1. The van der Waals surface area contributed by atoms with Gasteiger partial charge in [0.2, 0.25) is 0 Å². The van der Waals surface area contributed by atoms with Crippen LogP contribution in [0.4, 0.5) is 14.5 Å². The molecule has 1 atom stereocenters. The number of carbonyl (C=O) groups excluding carboxylic acids is 2. The van der Waals surface area contributed by atoms with Crippen molar-refractivity contribution in [2.45, 2.75) is 19.4 Å². The minimum Gasteiger partial charge on any atom is -0.507 e. The van der Waals surface area contributed by atoms with Crippen molar-refractivity contribution in [2.75, 3.05) is 11.5 Å². The molecule has 5 nitrogen and oxygen atoms in total. The van der Waals surface area contributed by atoms with Gasteiger partial charge in [-0.05, 0) is 66.6 Å². The summed E-state index contributed by atoms with van der Waals surface area (Å²) in [7, 11) is 0. The fraction of sp³-hybridized carbons (Fsp3) is 0.154. The quantitative estimate of drug-likeness (QED) is 0.312. The van der Waals surface area contributed by atoms with Crippen LogP contribution < -0.4 is 9.64 Å². The Balaban J connectivity index is 1.85. The highest BCUT2D eigenvalue weighted by Gasteiger charge is 2.47. The molecule has 1 saturated heterocycles. The van der Waals surface area contributed by atoms with Crippen LogP contribution in [0.3, 0.4) is 0 Å². The first-order valence-electron chi connectivity index (χ1n) is 10.5. The number of anilines is 1. The van der Waals surface area contributed by atoms with E-state index in [1.807, 2.05) is 6.92 Å². The number of carbonyl (C=O) groups is 2. The van der Waals surface area contributed by atoms with Gasteiger partial charge in [-0.2, -0.15) is 0 Å². The van der Waals surface area contributed by atoms with Gasteiger partial charge in [-0.1, -0.05) is 25.1 Å². The van der Waals surface area contributed by atoms with Crippen LogP contribution >= 0.6 is 0 Å². The number of aliphatic hydroxyl groups excluding tert-OH is 1. The van der Waals surface area contributed by atoms with Crippen molar-refractivity contribution >= 4 is 23.1 Å². The van der Waals surface area contributed by atoms with Gasteiger partial charge in [0.05, 0.1) is 18.2 Å². The fourth-order valence-corrected chi connectivity index (χ4v) is 3.77. The molecule has 0 spiro atoms.